The summed E-state index contributed by atoms with van der Waals surface area (Å²) in [7, 11) is 0. The van der Waals surface area contributed by atoms with Crippen molar-refractivity contribution in [2.24, 2.45) is 17.3 Å². The fourth-order valence-electron chi connectivity index (χ4n) is 4.90. The molecule has 1 unspecified atom stereocenters. The van der Waals surface area contributed by atoms with E-state index in [1.807, 2.05) is 13.8 Å². The van der Waals surface area contributed by atoms with Crippen LogP contribution in [0.1, 0.15) is 118 Å². The first-order chi connectivity index (χ1) is 11.9. The minimum Gasteiger partial charge on any atom is -0.458 e. The van der Waals surface area contributed by atoms with E-state index in [-0.39, 0.29) is 17.0 Å². The van der Waals surface area contributed by atoms with Crippen LogP contribution in [0.15, 0.2) is 0 Å². The summed E-state index contributed by atoms with van der Waals surface area (Å²) in [5, 5.41) is 0. The Balaban J connectivity index is 2.11. The Morgan fingerprint density at radius 1 is 0.880 bits per heavy atom. The molecule has 2 aliphatic rings. The topological polar surface area (TPSA) is 26.3 Å². The number of rotatable bonds is 8. The summed E-state index contributed by atoms with van der Waals surface area (Å²) in [5.74, 6) is 1.47. The van der Waals surface area contributed by atoms with Gasteiger partial charge < -0.3 is 4.74 Å². The van der Waals surface area contributed by atoms with E-state index >= 15 is 0 Å². The monoisotopic (exact) mass is 350 g/mol. The highest BCUT2D eigenvalue weighted by atomic mass is 16.6. The van der Waals surface area contributed by atoms with E-state index in [2.05, 4.69) is 13.8 Å². The molecule has 1 atom stereocenters. The van der Waals surface area contributed by atoms with Crippen molar-refractivity contribution < 1.29 is 9.53 Å². The van der Waals surface area contributed by atoms with E-state index in [4.69, 9.17) is 4.74 Å². The molecular weight excluding hydrogens is 308 g/mol. The summed E-state index contributed by atoms with van der Waals surface area (Å²) < 4.78 is 6.43. The summed E-state index contributed by atoms with van der Waals surface area (Å²) in [5.41, 5.74) is -0.568. The zero-order valence-electron chi connectivity index (χ0n) is 17.4. The van der Waals surface area contributed by atoms with Crippen LogP contribution in [0.5, 0.6) is 0 Å². The van der Waals surface area contributed by atoms with Crippen molar-refractivity contribution >= 4 is 5.97 Å². The van der Waals surface area contributed by atoms with Gasteiger partial charge in [-0.05, 0) is 64.2 Å². The van der Waals surface area contributed by atoms with Crippen molar-refractivity contribution in [1.82, 2.24) is 0 Å². The first kappa shape index (κ1) is 20.8. The summed E-state index contributed by atoms with van der Waals surface area (Å²) in [4.78, 5) is 12.9. The third-order valence-corrected chi connectivity index (χ3v) is 7.38. The fourth-order valence-corrected chi connectivity index (χ4v) is 4.90. The molecule has 0 amide bonds. The standard InChI is InChI=1S/C23H42O2/c1-5-22(3,4)21(24)25-23(6-2,20-15-11-8-12-16-20)18-17-19-13-9-7-10-14-19/h19-20H,5-18H2,1-4H3. The van der Waals surface area contributed by atoms with Crippen LogP contribution >= 0.6 is 0 Å². The maximum atomic E-state index is 12.9. The van der Waals surface area contributed by atoms with Crippen LogP contribution in [0.3, 0.4) is 0 Å². The van der Waals surface area contributed by atoms with Gasteiger partial charge in [-0.25, -0.2) is 0 Å². The number of hydrogen-bond donors (Lipinski definition) is 0. The van der Waals surface area contributed by atoms with Crippen LogP contribution < -0.4 is 0 Å². The molecule has 0 spiro atoms. The van der Waals surface area contributed by atoms with Gasteiger partial charge in [-0.15, -0.1) is 0 Å². The van der Waals surface area contributed by atoms with Crippen LogP contribution in [0.25, 0.3) is 0 Å². The molecule has 2 heteroatoms. The molecule has 0 saturated heterocycles. The second-order valence-electron chi connectivity index (χ2n) is 9.42. The molecule has 2 nitrogen and oxygen atoms in total. The van der Waals surface area contributed by atoms with Gasteiger partial charge in [-0.1, -0.05) is 65.2 Å². The minimum atomic E-state index is -0.361. The molecule has 0 bridgehead atoms. The lowest BCUT2D eigenvalue weighted by Crippen LogP contribution is -2.46. The smallest absolute Gasteiger partial charge is 0.312 e. The van der Waals surface area contributed by atoms with Crippen molar-refractivity contribution in [3.05, 3.63) is 0 Å². The lowest BCUT2D eigenvalue weighted by atomic mass is 9.71. The summed E-state index contributed by atoms with van der Waals surface area (Å²) >= 11 is 0. The molecule has 0 aromatic rings. The third-order valence-electron chi connectivity index (χ3n) is 7.38. The molecule has 2 aliphatic carbocycles. The van der Waals surface area contributed by atoms with E-state index in [0.717, 1.165) is 25.2 Å². The van der Waals surface area contributed by atoms with Gasteiger partial charge in [-0.3, -0.25) is 4.79 Å². The van der Waals surface area contributed by atoms with Gasteiger partial charge >= 0.3 is 5.97 Å². The third kappa shape index (κ3) is 5.47. The quantitative estimate of drug-likeness (QED) is 0.438. The minimum absolute atomic E-state index is 0.0334. The molecule has 25 heavy (non-hydrogen) atoms. The van der Waals surface area contributed by atoms with E-state index in [1.165, 1.54) is 70.6 Å². The Kier molecular flexibility index (Phi) is 7.83. The first-order valence-electron chi connectivity index (χ1n) is 11.2. The van der Waals surface area contributed by atoms with Gasteiger partial charge in [0.05, 0.1) is 5.41 Å². The van der Waals surface area contributed by atoms with E-state index in [0.29, 0.717) is 5.92 Å². The van der Waals surface area contributed by atoms with Gasteiger partial charge in [0.2, 0.25) is 0 Å². The molecule has 0 aromatic heterocycles. The Hall–Kier alpha value is -0.530. The van der Waals surface area contributed by atoms with E-state index in [9.17, 15) is 4.79 Å². The largest absolute Gasteiger partial charge is 0.458 e. The second kappa shape index (κ2) is 9.42. The van der Waals surface area contributed by atoms with Crippen LogP contribution in [0, 0.1) is 17.3 Å². The zero-order valence-corrected chi connectivity index (χ0v) is 17.4. The lowest BCUT2D eigenvalue weighted by molar-refractivity contribution is -0.181. The molecule has 146 valence electrons. The van der Waals surface area contributed by atoms with E-state index in [1.54, 1.807) is 0 Å². The maximum Gasteiger partial charge on any atom is 0.312 e. The van der Waals surface area contributed by atoms with Crippen molar-refractivity contribution in [3.8, 4) is 0 Å². The molecular formula is C23H42O2. The number of carbonyl (C=O) groups excluding carboxylic acids is 1. The second-order valence-corrected chi connectivity index (χ2v) is 9.42. The number of ether oxygens (including phenoxy) is 1. The van der Waals surface area contributed by atoms with Gasteiger partial charge in [-0.2, -0.15) is 0 Å². The summed E-state index contributed by atoms with van der Waals surface area (Å²) in [6.07, 6.45) is 17.6. The SMILES string of the molecule is CCC(C)(C)C(=O)OC(CC)(CCC1CCCCC1)C1CCCCC1. The molecule has 2 fully saturated rings. The van der Waals surface area contributed by atoms with Crippen LogP contribution in [-0.4, -0.2) is 11.6 Å². The fraction of sp³-hybridized carbons (Fsp3) is 0.957. The number of esters is 1. The van der Waals surface area contributed by atoms with Crippen molar-refractivity contribution in [2.75, 3.05) is 0 Å². The summed E-state index contributed by atoms with van der Waals surface area (Å²) in [6.45, 7) is 8.43. The zero-order chi connectivity index (χ0) is 18.3. The van der Waals surface area contributed by atoms with Crippen molar-refractivity contribution in [3.63, 3.8) is 0 Å². The predicted molar refractivity (Wildman–Crippen MR) is 106 cm³/mol. The molecule has 2 rings (SSSR count). The summed E-state index contributed by atoms with van der Waals surface area (Å²) in [6, 6.07) is 0. The molecule has 0 aromatic carbocycles. The van der Waals surface area contributed by atoms with Gasteiger partial charge in [0.15, 0.2) is 0 Å². The van der Waals surface area contributed by atoms with Crippen LogP contribution in [0.4, 0.5) is 0 Å². The Morgan fingerprint density at radius 2 is 1.44 bits per heavy atom. The molecule has 0 N–H and O–H groups in total. The normalized spacial score (nSPS) is 23.2. The molecule has 0 aliphatic heterocycles. The Morgan fingerprint density at radius 3 is 1.96 bits per heavy atom. The highest BCUT2D eigenvalue weighted by molar-refractivity contribution is 5.76. The lowest BCUT2D eigenvalue weighted by Gasteiger charge is -2.44. The number of carbonyl (C=O) groups is 1. The average Bonchev–Trinajstić information content (AvgIpc) is 2.66. The highest BCUT2D eigenvalue weighted by Crippen LogP contribution is 2.43. The number of hydrogen-bond acceptors (Lipinski definition) is 2. The maximum absolute atomic E-state index is 12.9. The van der Waals surface area contributed by atoms with Crippen molar-refractivity contribution in [2.45, 2.75) is 123 Å². The van der Waals surface area contributed by atoms with Crippen LogP contribution in [-0.2, 0) is 9.53 Å². The molecule has 0 radical (unpaired) electrons. The van der Waals surface area contributed by atoms with Gasteiger partial charge in [0.25, 0.3) is 0 Å². The Labute approximate surface area is 156 Å². The molecule has 0 heterocycles. The highest BCUT2D eigenvalue weighted by Gasteiger charge is 2.43. The van der Waals surface area contributed by atoms with E-state index < -0.39 is 0 Å². The van der Waals surface area contributed by atoms with Crippen molar-refractivity contribution in [1.29, 1.82) is 0 Å². The predicted octanol–water partition coefficient (Wildman–Crippen LogP) is 7.06. The average molecular weight is 351 g/mol. The molecule has 2 saturated carbocycles. The van der Waals surface area contributed by atoms with Gasteiger partial charge in [0, 0.05) is 0 Å². The Bertz CT molecular complexity index is 402. The van der Waals surface area contributed by atoms with Crippen LogP contribution in [0.2, 0.25) is 0 Å². The first-order valence-corrected chi connectivity index (χ1v) is 11.2. The van der Waals surface area contributed by atoms with Gasteiger partial charge in [0.1, 0.15) is 5.60 Å².